The van der Waals surface area contributed by atoms with Crippen LogP contribution in [0, 0.1) is 0 Å². The number of hydrogen-bond acceptors (Lipinski definition) is 4. The van der Waals surface area contributed by atoms with Crippen molar-refractivity contribution in [3.63, 3.8) is 0 Å². The van der Waals surface area contributed by atoms with E-state index >= 15 is 0 Å². The second kappa shape index (κ2) is 8.66. The van der Waals surface area contributed by atoms with Crippen molar-refractivity contribution in [3.05, 3.63) is 23.8 Å². The summed E-state index contributed by atoms with van der Waals surface area (Å²) in [5.41, 5.74) is 1.17. The standard InChI is InChI=1S/C18H26O4/c1-3-18(19)21-12-6-7-14-10-11-16(17(13-14)20-2)22-15-8-4-5-9-15/h10-11,13,15H,3-9,12H2,1-2H3. The number of hydrogen-bond donors (Lipinski definition) is 0. The molecule has 1 aromatic carbocycles. The number of methoxy groups -OCH3 is 1. The van der Waals surface area contributed by atoms with E-state index in [9.17, 15) is 4.79 Å². The molecule has 0 aliphatic heterocycles. The molecule has 0 atom stereocenters. The highest BCUT2D eigenvalue weighted by atomic mass is 16.5. The molecule has 2 rings (SSSR count). The zero-order chi connectivity index (χ0) is 15.8. The van der Waals surface area contributed by atoms with Crippen LogP contribution in [0.15, 0.2) is 18.2 Å². The number of aryl methyl sites for hydroxylation is 1. The van der Waals surface area contributed by atoms with Crippen molar-refractivity contribution < 1.29 is 19.0 Å². The topological polar surface area (TPSA) is 44.8 Å². The summed E-state index contributed by atoms with van der Waals surface area (Å²) in [5, 5.41) is 0. The lowest BCUT2D eigenvalue weighted by molar-refractivity contribution is -0.143. The third-order valence-corrected chi connectivity index (χ3v) is 3.99. The molecule has 0 amide bonds. The first-order valence-electron chi connectivity index (χ1n) is 8.22. The number of carbonyl (C=O) groups excluding carboxylic acids is 1. The second-order valence-electron chi connectivity index (χ2n) is 5.69. The fourth-order valence-corrected chi connectivity index (χ4v) is 2.71. The summed E-state index contributed by atoms with van der Waals surface area (Å²) in [5.74, 6) is 1.48. The average molecular weight is 306 g/mol. The van der Waals surface area contributed by atoms with Crippen LogP contribution >= 0.6 is 0 Å². The van der Waals surface area contributed by atoms with Crippen LogP contribution in [0.3, 0.4) is 0 Å². The summed E-state index contributed by atoms with van der Waals surface area (Å²) in [4.78, 5) is 11.1. The van der Waals surface area contributed by atoms with E-state index in [0.29, 0.717) is 19.1 Å². The number of ether oxygens (including phenoxy) is 3. The summed E-state index contributed by atoms with van der Waals surface area (Å²) in [7, 11) is 1.67. The van der Waals surface area contributed by atoms with Gasteiger partial charge < -0.3 is 14.2 Å². The minimum Gasteiger partial charge on any atom is -0.493 e. The van der Waals surface area contributed by atoms with Gasteiger partial charge in [0.05, 0.1) is 19.8 Å². The van der Waals surface area contributed by atoms with Gasteiger partial charge in [0.15, 0.2) is 11.5 Å². The molecule has 1 saturated carbocycles. The molecule has 1 aliphatic rings. The molecule has 0 spiro atoms. The monoisotopic (exact) mass is 306 g/mol. The van der Waals surface area contributed by atoms with Crippen LogP contribution in [-0.2, 0) is 16.0 Å². The first-order valence-corrected chi connectivity index (χ1v) is 8.22. The minimum atomic E-state index is -0.141. The molecule has 122 valence electrons. The zero-order valence-corrected chi connectivity index (χ0v) is 13.6. The van der Waals surface area contributed by atoms with Crippen molar-refractivity contribution >= 4 is 5.97 Å². The Morgan fingerprint density at radius 2 is 2.00 bits per heavy atom. The zero-order valence-electron chi connectivity index (χ0n) is 13.6. The summed E-state index contributed by atoms with van der Waals surface area (Å²) in [6.07, 6.45) is 7.20. The van der Waals surface area contributed by atoms with Crippen molar-refractivity contribution in [1.29, 1.82) is 0 Å². The van der Waals surface area contributed by atoms with Gasteiger partial charge in [0.1, 0.15) is 0 Å². The maximum atomic E-state index is 11.1. The highest BCUT2D eigenvalue weighted by Gasteiger charge is 2.18. The fraction of sp³-hybridized carbons (Fsp3) is 0.611. The molecule has 1 aromatic rings. The quantitative estimate of drug-likeness (QED) is 0.540. The van der Waals surface area contributed by atoms with E-state index < -0.39 is 0 Å². The van der Waals surface area contributed by atoms with E-state index in [1.165, 1.54) is 18.4 Å². The average Bonchev–Trinajstić information content (AvgIpc) is 3.05. The molecule has 0 unspecified atom stereocenters. The molecule has 22 heavy (non-hydrogen) atoms. The number of carbonyl (C=O) groups is 1. The lowest BCUT2D eigenvalue weighted by Crippen LogP contribution is -2.11. The summed E-state index contributed by atoms with van der Waals surface area (Å²) in [6, 6.07) is 6.07. The minimum absolute atomic E-state index is 0.141. The third-order valence-electron chi connectivity index (χ3n) is 3.99. The van der Waals surface area contributed by atoms with Crippen LogP contribution in [0.2, 0.25) is 0 Å². The maximum absolute atomic E-state index is 11.1. The fourth-order valence-electron chi connectivity index (χ4n) is 2.71. The Bertz CT molecular complexity index is 478. The van der Waals surface area contributed by atoms with Gasteiger partial charge in [0, 0.05) is 6.42 Å². The summed E-state index contributed by atoms with van der Waals surface area (Å²) in [6.45, 7) is 2.27. The van der Waals surface area contributed by atoms with Gasteiger partial charge in [-0.3, -0.25) is 4.79 Å². The predicted octanol–water partition coefficient (Wildman–Crippen LogP) is 3.90. The number of rotatable bonds is 8. The second-order valence-corrected chi connectivity index (χ2v) is 5.69. The van der Waals surface area contributed by atoms with Crippen molar-refractivity contribution in [2.75, 3.05) is 13.7 Å². The van der Waals surface area contributed by atoms with Crippen LogP contribution in [0.5, 0.6) is 11.5 Å². The molecule has 1 aliphatic carbocycles. The van der Waals surface area contributed by atoms with Gasteiger partial charge in [-0.2, -0.15) is 0 Å². The van der Waals surface area contributed by atoms with Crippen LogP contribution in [-0.4, -0.2) is 25.8 Å². The van der Waals surface area contributed by atoms with E-state index in [-0.39, 0.29) is 5.97 Å². The highest BCUT2D eigenvalue weighted by Crippen LogP contribution is 2.32. The van der Waals surface area contributed by atoms with Crippen molar-refractivity contribution in [2.45, 2.75) is 58.0 Å². The lowest BCUT2D eigenvalue weighted by Gasteiger charge is -2.16. The van der Waals surface area contributed by atoms with Gasteiger partial charge >= 0.3 is 5.97 Å². The molecule has 0 heterocycles. The van der Waals surface area contributed by atoms with Crippen molar-refractivity contribution in [1.82, 2.24) is 0 Å². The van der Waals surface area contributed by atoms with Gasteiger partial charge in [0.25, 0.3) is 0 Å². The molecule has 0 bridgehead atoms. The first-order chi connectivity index (χ1) is 10.7. The molecule has 0 saturated heterocycles. The Morgan fingerprint density at radius 3 is 2.68 bits per heavy atom. The number of esters is 1. The Labute approximate surface area is 132 Å². The van der Waals surface area contributed by atoms with E-state index in [1.807, 2.05) is 12.1 Å². The van der Waals surface area contributed by atoms with Gasteiger partial charge in [0.2, 0.25) is 0 Å². The molecular formula is C18H26O4. The van der Waals surface area contributed by atoms with E-state index in [2.05, 4.69) is 6.07 Å². The van der Waals surface area contributed by atoms with E-state index in [1.54, 1.807) is 14.0 Å². The number of benzene rings is 1. The van der Waals surface area contributed by atoms with Crippen molar-refractivity contribution in [3.8, 4) is 11.5 Å². The Morgan fingerprint density at radius 1 is 1.23 bits per heavy atom. The third kappa shape index (κ3) is 4.93. The Kier molecular flexibility index (Phi) is 6.56. The van der Waals surface area contributed by atoms with E-state index in [4.69, 9.17) is 14.2 Å². The predicted molar refractivity (Wildman–Crippen MR) is 85.4 cm³/mol. The van der Waals surface area contributed by atoms with Crippen LogP contribution < -0.4 is 9.47 Å². The van der Waals surface area contributed by atoms with Gasteiger partial charge in [-0.25, -0.2) is 0 Å². The molecule has 0 aromatic heterocycles. The first kappa shape index (κ1) is 16.7. The molecule has 1 fully saturated rings. The Hall–Kier alpha value is -1.71. The molecule has 0 N–H and O–H groups in total. The van der Waals surface area contributed by atoms with Crippen LogP contribution in [0.25, 0.3) is 0 Å². The summed E-state index contributed by atoms with van der Waals surface area (Å²) < 4.78 is 16.6. The maximum Gasteiger partial charge on any atom is 0.305 e. The molecule has 4 nitrogen and oxygen atoms in total. The largest absolute Gasteiger partial charge is 0.493 e. The smallest absolute Gasteiger partial charge is 0.305 e. The van der Waals surface area contributed by atoms with Crippen LogP contribution in [0.1, 0.15) is 51.0 Å². The molecule has 4 heteroatoms. The normalized spacial score (nSPS) is 14.8. The van der Waals surface area contributed by atoms with Crippen molar-refractivity contribution in [2.24, 2.45) is 0 Å². The van der Waals surface area contributed by atoms with Crippen LogP contribution in [0.4, 0.5) is 0 Å². The van der Waals surface area contributed by atoms with E-state index in [0.717, 1.165) is 37.2 Å². The molecule has 0 radical (unpaired) electrons. The Balaban J connectivity index is 1.86. The summed E-state index contributed by atoms with van der Waals surface area (Å²) >= 11 is 0. The highest BCUT2D eigenvalue weighted by molar-refractivity contribution is 5.68. The SMILES string of the molecule is CCC(=O)OCCCc1ccc(OC2CCCC2)c(OC)c1. The van der Waals surface area contributed by atoms with Gasteiger partial charge in [-0.1, -0.05) is 13.0 Å². The van der Waals surface area contributed by atoms with Gasteiger partial charge in [-0.15, -0.1) is 0 Å². The van der Waals surface area contributed by atoms with Gasteiger partial charge in [-0.05, 0) is 56.2 Å². The molecular weight excluding hydrogens is 280 g/mol. The lowest BCUT2D eigenvalue weighted by atomic mass is 10.1.